The predicted octanol–water partition coefficient (Wildman–Crippen LogP) is 4.45. The van der Waals surface area contributed by atoms with Gasteiger partial charge in [0.1, 0.15) is 0 Å². The molecule has 0 unspecified atom stereocenters. The van der Waals surface area contributed by atoms with Crippen LogP contribution < -0.4 is 0 Å². The molecule has 0 atom stereocenters. The fourth-order valence-corrected chi connectivity index (χ4v) is 3.32. The number of rotatable bonds is 4. The van der Waals surface area contributed by atoms with Gasteiger partial charge >= 0.3 is 0 Å². The van der Waals surface area contributed by atoms with Crippen LogP contribution in [-0.4, -0.2) is 29.6 Å². The van der Waals surface area contributed by atoms with E-state index >= 15 is 0 Å². The van der Waals surface area contributed by atoms with E-state index in [0.717, 1.165) is 42.5 Å². The van der Waals surface area contributed by atoms with E-state index in [0.29, 0.717) is 0 Å². The van der Waals surface area contributed by atoms with E-state index < -0.39 is 5.60 Å². The second-order valence-electron chi connectivity index (χ2n) is 6.15. The summed E-state index contributed by atoms with van der Waals surface area (Å²) in [4.78, 5) is 2.40. The number of aliphatic hydroxyl groups is 1. The largest absolute Gasteiger partial charge is 0.385 e. The van der Waals surface area contributed by atoms with Crippen molar-refractivity contribution in [2.24, 2.45) is 0 Å². The Morgan fingerprint density at radius 2 is 1.65 bits per heavy atom. The third-order valence-corrected chi connectivity index (χ3v) is 5.07. The van der Waals surface area contributed by atoms with E-state index in [1.807, 2.05) is 30.3 Å². The van der Waals surface area contributed by atoms with E-state index in [1.54, 1.807) is 0 Å². The summed E-state index contributed by atoms with van der Waals surface area (Å²) in [6, 6.07) is 18.4. The van der Waals surface area contributed by atoms with Crippen molar-refractivity contribution in [2.45, 2.75) is 18.4 Å². The topological polar surface area (TPSA) is 23.5 Å². The van der Waals surface area contributed by atoms with Crippen LogP contribution in [0.15, 0.2) is 65.1 Å². The number of nitrogens with zero attached hydrogens (tertiary/aromatic N) is 1. The molecule has 0 radical (unpaired) electrons. The molecule has 1 aliphatic rings. The molecule has 2 aromatic carbocycles. The third-order valence-electron chi connectivity index (χ3n) is 4.54. The van der Waals surface area contributed by atoms with Crippen molar-refractivity contribution in [3.05, 3.63) is 76.3 Å². The number of halogens is 1. The molecule has 23 heavy (non-hydrogen) atoms. The van der Waals surface area contributed by atoms with Crippen molar-refractivity contribution in [3.8, 4) is 0 Å². The highest BCUT2D eigenvalue weighted by molar-refractivity contribution is 9.10. The second-order valence-corrected chi connectivity index (χ2v) is 7.07. The Kier molecular flexibility index (Phi) is 5.31. The van der Waals surface area contributed by atoms with Crippen LogP contribution in [-0.2, 0) is 5.60 Å². The van der Waals surface area contributed by atoms with Crippen molar-refractivity contribution in [2.75, 3.05) is 19.6 Å². The van der Waals surface area contributed by atoms with Crippen LogP contribution in [0, 0.1) is 0 Å². The third kappa shape index (κ3) is 4.31. The molecule has 0 saturated carbocycles. The molecule has 1 saturated heterocycles. The number of piperidine rings is 1. The fourth-order valence-electron chi connectivity index (χ4n) is 3.06. The van der Waals surface area contributed by atoms with Crippen molar-refractivity contribution < 1.29 is 5.11 Å². The number of hydrogen-bond donors (Lipinski definition) is 1. The lowest BCUT2D eigenvalue weighted by Crippen LogP contribution is -2.42. The van der Waals surface area contributed by atoms with Crippen molar-refractivity contribution >= 4 is 22.0 Å². The van der Waals surface area contributed by atoms with Gasteiger partial charge in [-0.1, -0.05) is 70.5 Å². The molecule has 0 aromatic heterocycles. The van der Waals surface area contributed by atoms with Gasteiger partial charge in [0.25, 0.3) is 0 Å². The molecular formula is C20H22BrNO. The minimum atomic E-state index is -0.680. The van der Waals surface area contributed by atoms with Gasteiger partial charge in [0.15, 0.2) is 0 Å². The first-order chi connectivity index (χ1) is 11.2. The molecule has 1 aliphatic heterocycles. The highest BCUT2D eigenvalue weighted by Gasteiger charge is 2.33. The molecular weight excluding hydrogens is 350 g/mol. The lowest BCUT2D eigenvalue weighted by molar-refractivity contribution is -0.0233. The van der Waals surface area contributed by atoms with Crippen LogP contribution in [0.3, 0.4) is 0 Å². The van der Waals surface area contributed by atoms with Gasteiger partial charge in [-0.2, -0.15) is 0 Å². The molecule has 1 N–H and O–H groups in total. The zero-order valence-electron chi connectivity index (χ0n) is 13.2. The summed E-state index contributed by atoms with van der Waals surface area (Å²) in [7, 11) is 0. The summed E-state index contributed by atoms with van der Waals surface area (Å²) in [6.45, 7) is 2.78. The summed E-state index contributed by atoms with van der Waals surface area (Å²) in [5.74, 6) is 0. The molecule has 1 fully saturated rings. The highest BCUT2D eigenvalue weighted by atomic mass is 79.9. The molecule has 120 valence electrons. The molecule has 0 bridgehead atoms. The summed E-state index contributed by atoms with van der Waals surface area (Å²) < 4.78 is 1.05. The number of hydrogen-bond acceptors (Lipinski definition) is 2. The lowest BCUT2D eigenvalue weighted by atomic mass is 9.84. The minimum Gasteiger partial charge on any atom is -0.385 e. The van der Waals surface area contributed by atoms with Crippen LogP contribution in [0.25, 0.3) is 6.08 Å². The molecule has 0 aliphatic carbocycles. The summed E-state index contributed by atoms with van der Waals surface area (Å²) in [5.41, 5.74) is 1.58. The Hall–Kier alpha value is -1.42. The van der Waals surface area contributed by atoms with E-state index in [1.165, 1.54) is 5.56 Å². The summed E-state index contributed by atoms with van der Waals surface area (Å²) in [6.07, 6.45) is 5.94. The molecule has 3 heteroatoms. The Labute approximate surface area is 146 Å². The van der Waals surface area contributed by atoms with Gasteiger partial charge in [-0.15, -0.1) is 0 Å². The van der Waals surface area contributed by atoms with Crippen LogP contribution in [0.4, 0.5) is 0 Å². The van der Waals surface area contributed by atoms with Crippen LogP contribution in [0.5, 0.6) is 0 Å². The SMILES string of the molecule is OC1(c2ccc(Br)cc2)CCN(C/C=C/c2ccccc2)CC1. The normalized spacial score (nSPS) is 18.3. The van der Waals surface area contributed by atoms with Gasteiger partial charge in [0.2, 0.25) is 0 Å². The predicted molar refractivity (Wildman–Crippen MR) is 99.2 cm³/mol. The Balaban J connectivity index is 1.54. The molecule has 3 rings (SSSR count). The van der Waals surface area contributed by atoms with Crippen molar-refractivity contribution in [1.29, 1.82) is 0 Å². The quantitative estimate of drug-likeness (QED) is 0.858. The highest BCUT2D eigenvalue weighted by Crippen LogP contribution is 2.33. The second kappa shape index (κ2) is 7.43. The average Bonchev–Trinajstić information content (AvgIpc) is 2.58. The Morgan fingerprint density at radius 1 is 1.00 bits per heavy atom. The lowest BCUT2D eigenvalue weighted by Gasteiger charge is -2.38. The first kappa shape index (κ1) is 16.4. The van der Waals surface area contributed by atoms with Crippen molar-refractivity contribution in [1.82, 2.24) is 4.90 Å². The monoisotopic (exact) mass is 371 g/mol. The standard InChI is InChI=1S/C20H22BrNO/c21-19-10-8-18(9-11-19)20(23)12-15-22(16-13-20)14-4-7-17-5-2-1-3-6-17/h1-11,23H,12-16H2/b7-4+. The van der Waals surface area contributed by atoms with Crippen LogP contribution in [0.2, 0.25) is 0 Å². The fraction of sp³-hybridized carbons (Fsp3) is 0.300. The first-order valence-corrected chi connectivity index (χ1v) is 8.87. The number of benzene rings is 2. The maximum absolute atomic E-state index is 10.9. The Bertz CT molecular complexity index is 643. The van der Waals surface area contributed by atoms with Crippen LogP contribution in [0.1, 0.15) is 24.0 Å². The zero-order valence-corrected chi connectivity index (χ0v) is 14.7. The van der Waals surface area contributed by atoms with E-state index in [4.69, 9.17) is 0 Å². The molecule has 2 aromatic rings. The first-order valence-electron chi connectivity index (χ1n) is 8.08. The smallest absolute Gasteiger partial charge is 0.0920 e. The van der Waals surface area contributed by atoms with Gasteiger partial charge in [-0.3, -0.25) is 4.90 Å². The maximum atomic E-state index is 10.9. The van der Waals surface area contributed by atoms with Gasteiger partial charge < -0.3 is 5.11 Å². The number of likely N-dealkylation sites (tertiary alicyclic amines) is 1. The average molecular weight is 372 g/mol. The zero-order chi connectivity index (χ0) is 16.1. The van der Waals surface area contributed by atoms with Gasteiger partial charge in [-0.25, -0.2) is 0 Å². The summed E-state index contributed by atoms with van der Waals surface area (Å²) >= 11 is 3.45. The molecule has 0 amide bonds. The molecule has 2 nitrogen and oxygen atoms in total. The van der Waals surface area contributed by atoms with Gasteiger partial charge in [0, 0.05) is 24.1 Å². The van der Waals surface area contributed by atoms with E-state index in [-0.39, 0.29) is 0 Å². The summed E-state index contributed by atoms with van der Waals surface area (Å²) in [5, 5.41) is 10.9. The van der Waals surface area contributed by atoms with E-state index in [2.05, 4.69) is 57.2 Å². The molecule has 1 heterocycles. The molecule has 0 spiro atoms. The van der Waals surface area contributed by atoms with E-state index in [9.17, 15) is 5.11 Å². The Morgan fingerprint density at radius 3 is 2.30 bits per heavy atom. The van der Waals surface area contributed by atoms with Gasteiger partial charge in [0.05, 0.1) is 5.60 Å². The van der Waals surface area contributed by atoms with Gasteiger partial charge in [-0.05, 0) is 36.1 Å². The van der Waals surface area contributed by atoms with Crippen LogP contribution >= 0.6 is 15.9 Å². The van der Waals surface area contributed by atoms with Crippen molar-refractivity contribution in [3.63, 3.8) is 0 Å². The maximum Gasteiger partial charge on any atom is 0.0920 e. The minimum absolute atomic E-state index is 0.680.